The molecule has 0 radical (unpaired) electrons. The van der Waals surface area contributed by atoms with E-state index in [2.05, 4.69) is 10.6 Å². The van der Waals surface area contributed by atoms with Crippen molar-refractivity contribution in [2.24, 2.45) is 0 Å². The van der Waals surface area contributed by atoms with Gasteiger partial charge in [0.2, 0.25) is 5.91 Å². The van der Waals surface area contributed by atoms with Crippen LogP contribution in [0.5, 0.6) is 0 Å². The van der Waals surface area contributed by atoms with Crippen molar-refractivity contribution < 1.29 is 18.0 Å². The Morgan fingerprint density at radius 1 is 0.875 bits per heavy atom. The van der Waals surface area contributed by atoms with Crippen LogP contribution in [0.3, 0.4) is 0 Å². The number of carbonyl (C=O) groups excluding carboxylic acids is 2. The third-order valence-corrected chi connectivity index (χ3v) is 7.36. The third-order valence-electron chi connectivity index (χ3n) is 4.81. The van der Waals surface area contributed by atoms with Crippen molar-refractivity contribution in [3.05, 3.63) is 94.2 Å². The highest BCUT2D eigenvalue weighted by atomic mass is 32.2. The summed E-state index contributed by atoms with van der Waals surface area (Å²) >= 11 is 1.31. The van der Waals surface area contributed by atoms with Crippen LogP contribution in [-0.4, -0.2) is 38.6 Å². The molecule has 6 nitrogen and oxygen atoms in total. The number of carbonyl (C=O) groups is 2. The van der Waals surface area contributed by atoms with Gasteiger partial charge in [-0.05, 0) is 29.0 Å². The first-order valence-electron chi connectivity index (χ1n) is 10.3. The fraction of sp³-hybridized carbons (Fsp3) is 0.250. The molecule has 3 rings (SSSR count). The maximum absolute atomic E-state index is 12.8. The van der Waals surface area contributed by atoms with E-state index >= 15 is 0 Å². The van der Waals surface area contributed by atoms with Crippen molar-refractivity contribution in [1.29, 1.82) is 0 Å². The molecule has 0 saturated heterocycles. The highest BCUT2D eigenvalue weighted by Gasteiger charge is 2.22. The van der Waals surface area contributed by atoms with Gasteiger partial charge in [0.05, 0.1) is 16.4 Å². The predicted octanol–water partition coefficient (Wildman–Crippen LogP) is 3.21. The van der Waals surface area contributed by atoms with Crippen molar-refractivity contribution >= 4 is 33.0 Å². The second-order valence-electron chi connectivity index (χ2n) is 7.42. The van der Waals surface area contributed by atoms with Gasteiger partial charge in [0.15, 0.2) is 9.84 Å². The van der Waals surface area contributed by atoms with Gasteiger partial charge in [-0.1, -0.05) is 66.7 Å². The summed E-state index contributed by atoms with van der Waals surface area (Å²) in [5, 5.41) is 7.38. The fourth-order valence-electron chi connectivity index (χ4n) is 3.22. The highest BCUT2D eigenvalue weighted by molar-refractivity contribution is 7.90. The number of thiophene rings is 1. The average molecular weight is 471 g/mol. The lowest BCUT2D eigenvalue weighted by Crippen LogP contribution is -2.48. The number of sulfone groups is 1. The molecule has 2 amide bonds. The fourth-order valence-corrected chi connectivity index (χ4v) is 5.28. The maximum atomic E-state index is 12.8. The molecule has 2 N–H and O–H groups in total. The normalized spacial score (nSPS) is 12.1. The third kappa shape index (κ3) is 7.62. The second kappa shape index (κ2) is 11.6. The zero-order valence-corrected chi connectivity index (χ0v) is 19.2. The molecule has 1 aromatic heterocycles. The van der Waals surface area contributed by atoms with E-state index in [0.717, 1.165) is 11.1 Å². The minimum Gasteiger partial charge on any atom is -0.354 e. The van der Waals surface area contributed by atoms with Crippen LogP contribution in [0.2, 0.25) is 0 Å². The lowest BCUT2D eigenvalue weighted by molar-refractivity contribution is -0.122. The molecule has 0 aliphatic heterocycles. The molecule has 0 aliphatic rings. The molecule has 168 valence electrons. The Labute approximate surface area is 192 Å². The molecule has 1 atom stereocenters. The van der Waals surface area contributed by atoms with Crippen LogP contribution in [-0.2, 0) is 26.8 Å². The van der Waals surface area contributed by atoms with Gasteiger partial charge in [0.1, 0.15) is 6.04 Å². The van der Waals surface area contributed by atoms with Crippen LogP contribution in [0.25, 0.3) is 0 Å². The zero-order valence-electron chi connectivity index (χ0n) is 17.6. The van der Waals surface area contributed by atoms with Crippen LogP contribution < -0.4 is 10.6 Å². The van der Waals surface area contributed by atoms with E-state index in [9.17, 15) is 18.0 Å². The van der Waals surface area contributed by atoms with Crippen LogP contribution in [0.1, 0.15) is 27.2 Å². The topological polar surface area (TPSA) is 92.3 Å². The van der Waals surface area contributed by atoms with Crippen LogP contribution >= 0.6 is 11.3 Å². The maximum Gasteiger partial charge on any atom is 0.262 e. The highest BCUT2D eigenvalue weighted by Crippen LogP contribution is 2.10. The van der Waals surface area contributed by atoms with Crippen molar-refractivity contribution in [1.82, 2.24) is 10.6 Å². The smallest absolute Gasteiger partial charge is 0.262 e. The number of rotatable bonds is 11. The summed E-state index contributed by atoms with van der Waals surface area (Å²) in [5.41, 5.74) is 1.67. The average Bonchev–Trinajstić information content (AvgIpc) is 3.32. The first-order valence-corrected chi connectivity index (χ1v) is 13.0. The van der Waals surface area contributed by atoms with E-state index in [1.165, 1.54) is 11.3 Å². The van der Waals surface area contributed by atoms with E-state index in [0.29, 0.717) is 17.7 Å². The Balaban J connectivity index is 1.54. The minimum atomic E-state index is -3.27. The van der Waals surface area contributed by atoms with Gasteiger partial charge < -0.3 is 10.6 Å². The first kappa shape index (κ1) is 23.7. The van der Waals surface area contributed by atoms with Gasteiger partial charge in [-0.3, -0.25) is 9.59 Å². The summed E-state index contributed by atoms with van der Waals surface area (Å²) in [5.74, 6) is -0.678. The molecule has 1 unspecified atom stereocenters. The molecule has 8 heteroatoms. The van der Waals surface area contributed by atoms with Gasteiger partial charge in [-0.15, -0.1) is 11.3 Å². The molecule has 0 bridgehead atoms. The molecule has 32 heavy (non-hydrogen) atoms. The second-order valence-corrected chi connectivity index (χ2v) is 10.5. The quantitative estimate of drug-likeness (QED) is 0.421. The largest absolute Gasteiger partial charge is 0.354 e. The molecule has 0 spiro atoms. The van der Waals surface area contributed by atoms with Gasteiger partial charge in [-0.25, -0.2) is 8.42 Å². The molecule has 3 aromatic rings. The van der Waals surface area contributed by atoms with Crippen LogP contribution in [0.4, 0.5) is 0 Å². The lowest BCUT2D eigenvalue weighted by Gasteiger charge is -2.18. The summed E-state index contributed by atoms with van der Waals surface area (Å²) in [4.78, 5) is 25.8. The van der Waals surface area contributed by atoms with Gasteiger partial charge in [0, 0.05) is 13.0 Å². The van der Waals surface area contributed by atoms with Crippen LogP contribution in [0.15, 0.2) is 78.2 Å². The summed E-state index contributed by atoms with van der Waals surface area (Å²) in [6, 6.07) is 21.2. The number of benzene rings is 2. The van der Waals surface area contributed by atoms with Crippen molar-refractivity contribution in [3.8, 4) is 0 Å². The molecular weight excluding hydrogens is 444 g/mol. The predicted molar refractivity (Wildman–Crippen MR) is 127 cm³/mol. The molecule has 2 aromatic carbocycles. The monoisotopic (exact) mass is 470 g/mol. The Morgan fingerprint density at radius 2 is 1.53 bits per heavy atom. The van der Waals surface area contributed by atoms with Gasteiger partial charge in [-0.2, -0.15) is 0 Å². The van der Waals surface area contributed by atoms with E-state index in [1.807, 2.05) is 48.5 Å². The zero-order chi connectivity index (χ0) is 22.8. The minimum absolute atomic E-state index is 0.0186. The SMILES string of the molecule is O=C(NC(Cc1ccccc1)C(=O)NCCCS(=O)(=O)Cc1ccccc1)c1cccs1. The van der Waals surface area contributed by atoms with E-state index in [1.54, 1.807) is 29.6 Å². The first-order chi connectivity index (χ1) is 15.4. The summed E-state index contributed by atoms with van der Waals surface area (Å²) < 4.78 is 24.7. The Morgan fingerprint density at radius 3 is 2.16 bits per heavy atom. The molecule has 0 fully saturated rings. The number of amides is 2. The number of hydrogen-bond acceptors (Lipinski definition) is 5. The van der Waals surface area contributed by atoms with E-state index in [4.69, 9.17) is 0 Å². The molecular formula is C24H26N2O4S2. The number of nitrogens with one attached hydrogen (secondary N) is 2. The van der Waals surface area contributed by atoms with Gasteiger partial charge in [0.25, 0.3) is 5.91 Å². The Hall–Kier alpha value is -2.97. The number of hydrogen-bond donors (Lipinski definition) is 2. The molecule has 1 heterocycles. The Bertz CT molecular complexity index is 1100. The molecule has 0 aliphatic carbocycles. The summed E-state index contributed by atoms with van der Waals surface area (Å²) in [6.07, 6.45) is 0.647. The summed E-state index contributed by atoms with van der Waals surface area (Å²) in [7, 11) is -3.27. The van der Waals surface area contributed by atoms with E-state index in [-0.39, 0.29) is 29.9 Å². The lowest BCUT2D eigenvalue weighted by atomic mass is 10.1. The molecule has 0 saturated carbocycles. The Kier molecular flexibility index (Phi) is 8.58. The standard InChI is InChI=1S/C24H26N2O4S2/c27-23(25-14-8-16-32(29,30)18-20-11-5-2-6-12-20)21(17-19-9-3-1-4-10-19)26-24(28)22-13-7-15-31-22/h1-7,9-13,15,21H,8,14,16-18H2,(H,25,27)(H,26,28). The van der Waals surface area contributed by atoms with Crippen LogP contribution in [0, 0.1) is 0 Å². The van der Waals surface area contributed by atoms with E-state index < -0.39 is 15.9 Å². The van der Waals surface area contributed by atoms with Gasteiger partial charge >= 0.3 is 0 Å². The van der Waals surface area contributed by atoms with Crippen molar-refractivity contribution in [2.45, 2.75) is 24.6 Å². The van der Waals surface area contributed by atoms with Crippen molar-refractivity contribution in [2.75, 3.05) is 12.3 Å². The van der Waals surface area contributed by atoms with Crippen molar-refractivity contribution in [3.63, 3.8) is 0 Å². The summed E-state index contributed by atoms with van der Waals surface area (Å²) in [6.45, 7) is 0.215.